The molecule has 3 rings (SSSR count). The van der Waals surface area contributed by atoms with Crippen molar-refractivity contribution in [2.24, 2.45) is 0 Å². The maximum Gasteiger partial charge on any atom is 0.322 e. The fourth-order valence-corrected chi connectivity index (χ4v) is 3.16. The molecule has 0 aromatic heterocycles. The van der Waals surface area contributed by atoms with Crippen LogP contribution in [0.1, 0.15) is 25.8 Å². The number of nitrogens with one attached hydrogen (secondary N) is 2. The number of hydrogen-bond acceptors (Lipinski definition) is 3. The van der Waals surface area contributed by atoms with Gasteiger partial charge in [0.15, 0.2) is 5.54 Å². The molecule has 2 heterocycles. The summed E-state index contributed by atoms with van der Waals surface area (Å²) < 4.78 is 6.73. The van der Waals surface area contributed by atoms with E-state index in [1.165, 1.54) is 0 Å². The number of halogens is 1. The first-order valence-electron chi connectivity index (χ1n) is 5.95. The standard InChI is InChI=1S/C13H13BrN2O3/c1-12(2)6-13(10(17)15-11(18)16-13)8-5-7(14)3-4-9(8)19-12/h3-5H,6H2,1-2H3,(H2,15,16,17,18)/t13-/m1/s1. The molecule has 1 aromatic rings. The number of imide groups is 1. The number of fused-ring (bicyclic) bond motifs is 2. The molecule has 19 heavy (non-hydrogen) atoms. The van der Waals surface area contributed by atoms with E-state index in [0.717, 1.165) is 4.47 Å². The average Bonchev–Trinajstić information content (AvgIpc) is 2.54. The van der Waals surface area contributed by atoms with Gasteiger partial charge in [-0.2, -0.15) is 0 Å². The Morgan fingerprint density at radius 2 is 2.05 bits per heavy atom. The number of benzene rings is 1. The van der Waals surface area contributed by atoms with Crippen molar-refractivity contribution in [3.05, 3.63) is 28.2 Å². The van der Waals surface area contributed by atoms with E-state index >= 15 is 0 Å². The number of rotatable bonds is 0. The Labute approximate surface area is 118 Å². The summed E-state index contributed by atoms with van der Waals surface area (Å²) in [6.45, 7) is 3.80. The summed E-state index contributed by atoms with van der Waals surface area (Å²) in [6, 6.07) is 5.01. The summed E-state index contributed by atoms with van der Waals surface area (Å²) in [5.41, 5.74) is -0.891. The fourth-order valence-electron chi connectivity index (χ4n) is 2.80. The first-order valence-corrected chi connectivity index (χ1v) is 6.74. The Morgan fingerprint density at radius 3 is 2.68 bits per heavy atom. The van der Waals surface area contributed by atoms with Crippen LogP contribution in [0.15, 0.2) is 22.7 Å². The van der Waals surface area contributed by atoms with Gasteiger partial charge in [0.25, 0.3) is 5.91 Å². The molecule has 0 bridgehead atoms. The van der Waals surface area contributed by atoms with E-state index in [0.29, 0.717) is 17.7 Å². The second-order valence-electron chi connectivity index (χ2n) is 5.49. The third-order valence-corrected chi connectivity index (χ3v) is 3.91. The molecule has 1 fully saturated rings. The van der Waals surface area contributed by atoms with Crippen molar-refractivity contribution in [3.63, 3.8) is 0 Å². The lowest BCUT2D eigenvalue weighted by atomic mass is 9.77. The molecule has 1 atom stereocenters. The lowest BCUT2D eigenvalue weighted by Gasteiger charge is -2.42. The van der Waals surface area contributed by atoms with Gasteiger partial charge in [-0.3, -0.25) is 10.1 Å². The van der Waals surface area contributed by atoms with Crippen LogP contribution in [0.4, 0.5) is 4.79 Å². The first-order chi connectivity index (χ1) is 8.82. The largest absolute Gasteiger partial charge is 0.487 e. The van der Waals surface area contributed by atoms with Gasteiger partial charge in [-0.15, -0.1) is 0 Å². The molecular formula is C13H13BrN2O3. The van der Waals surface area contributed by atoms with Crippen LogP contribution < -0.4 is 15.4 Å². The molecule has 2 aliphatic heterocycles. The van der Waals surface area contributed by atoms with Crippen LogP contribution >= 0.6 is 15.9 Å². The molecule has 3 amide bonds. The smallest absolute Gasteiger partial charge is 0.322 e. The number of carbonyl (C=O) groups is 2. The number of hydrogen-bond donors (Lipinski definition) is 2. The van der Waals surface area contributed by atoms with Crippen LogP contribution in [-0.2, 0) is 10.3 Å². The second-order valence-corrected chi connectivity index (χ2v) is 6.41. The lowest BCUT2D eigenvalue weighted by Crippen LogP contribution is -2.53. The third kappa shape index (κ3) is 1.82. The van der Waals surface area contributed by atoms with Crippen LogP contribution in [0.5, 0.6) is 5.75 Å². The SMILES string of the molecule is CC1(C)C[C@@]2(NC(=O)NC2=O)c2cc(Br)ccc2O1. The zero-order valence-electron chi connectivity index (χ0n) is 10.5. The zero-order chi connectivity index (χ0) is 13.8. The number of ether oxygens (including phenoxy) is 1. The van der Waals surface area contributed by atoms with Crippen molar-refractivity contribution in [3.8, 4) is 5.75 Å². The van der Waals surface area contributed by atoms with Crippen LogP contribution in [0.3, 0.4) is 0 Å². The maximum atomic E-state index is 12.3. The van der Waals surface area contributed by atoms with Gasteiger partial charge in [0.1, 0.15) is 11.4 Å². The van der Waals surface area contributed by atoms with E-state index in [1.807, 2.05) is 26.0 Å². The van der Waals surface area contributed by atoms with E-state index in [4.69, 9.17) is 4.74 Å². The van der Waals surface area contributed by atoms with Gasteiger partial charge in [0.2, 0.25) is 0 Å². The van der Waals surface area contributed by atoms with Gasteiger partial charge in [-0.25, -0.2) is 4.79 Å². The van der Waals surface area contributed by atoms with Gasteiger partial charge in [0.05, 0.1) is 0 Å². The quantitative estimate of drug-likeness (QED) is 0.718. The minimum Gasteiger partial charge on any atom is -0.487 e. The number of urea groups is 1. The van der Waals surface area contributed by atoms with Crippen LogP contribution in [0, 0.1) is 0 Å². The van der Waals surface area contributed by atoms with Gasteiger partial charge >= 0.3 is 6.03 Å². The van der Waals surface area contributed by atoms with E-state index in [1.54, 1.807) is 6.07 Å². The van der Waals surface area contributed by atoms with Crippen molar-refractivity contribution >= 4 is 27.9 Å². The second kappa shape index (κ2) is 3.72. The van der Waals surface area contributed by atoms with Gasteiger partial charge in [-0.1, -0.05) is 15.9 Å². The average molecular weight is 325 g/mol. The van der Waals surface area contributed by atoms with Crippen LogP contribution in [0.25, 0.3) is 0 Å². The van der Waals surface area contributed by atoms with Crippen molar-refractivity contribution < 1.29 is 14.3 Å². The molecule has 0 unspecified atom stereocenters. The molecular weight excluding hydrogens is 312 g/mol. The molecule has 1 aromatic carbocycles. The monoisotopic (exact) mass is 324 g/mol. The highest BCUT2D eigenvalue weighted by Crippen LogP contribution is 2.45. The van der Waals surface area contributed by atoms with Gasteiger partial charge < -0.3 is 10.1 Å². The Kier molecular flexibility index (Phi) is 2.44. The molecule has 1 spiro atoms. The molecule has 0 saturated carbocycles. The zero-order valence-corrected chi connectivity index (χ0v) is 12.1. The summed E-state index contributed by atoms with van der Waals surface area (Å²) in [6.07, 6.45) is 0.390. The van der Waals surface area contributed by atoms with E-state index in [2.05, 4.69) is 26.6 Å². The molecule has 2 aliphatic rings. The predicted molar refractivity (Wildman–Crippen MR) is 71.8 cm³/mol. The van der Waals surface area contributed by atoms with E-state index in [-0.39, 0.29) is 5.91 Å². The predicted octanol–water partition coefficient (Wildman–Crippen LogP) is 2.04. The number of amides is 3. The minimum atomic E-state index is -1.04. The molecule has 0 radical (unpaired) electrons. The lowest BCUT2D eigenvalue weighted by molar-refractivity contribution is -0.127. The Morgan fingerprint density at radius 1 is 1.32 bits per heavy atom. The number of carbonyl (C=O) groups excluding carboxylic acids is 2. The van der Waals surface area contributed by atoms with Crippen LogP contribution in [-0.4, -0.2) is 17.5 Å². The van der Waals surface area contributed by atoms with Crippen molar-refractivity contribution in [1.82, 2.24) is 10.6 Å². The molecule has 1 saturated heterocycles. The minimum absolute atomic E-state index is 0.326. The summed E-state index contributed by atoms with van der Waals surface area (Å²) in [5, 5.41) is 5.07. The summed E-state index contributed by atoms with van der Waals surface area (Å²) in [7, 11) is 0. The highest BCUT2D eigenvalue weighted by atomic mass is 79.9. The van der Waals surface area contributed by atoms with E-state index in [9.17, 15) is 9.59 Å². The van der Waals surface area contributed by atoms with Crippen molar-refractivity contribution in [2.75, 3.05) is 0 Å². The summed E-state index contributed by atoms with van der Waals surface area (Å²) in [5.74, 6) is 0.296. The normalized spacial score (nSPS) is 27.5. The van der Waals surface area contributed by atoms with Crippen LogP contribution in [0.2, 0.25) is 0 Å². The molecule has 5 nitrogen and oxygen atoms in total. The third-order valence-electron chi connectivity index (χ3n) is 3.42. The first kappa shape index (κ1) is 12.5. The Hall–Kier alpha value is -1.56. The molecule has 0 aliphatic carbocycles. The molecule has 100 valence electrons. The fraction of sp³-hybridized carbons (Fsp3) is 0.385. The van der Waals surface area contributed by atoms with E-state index < -0.39 is 17.2 Å². The maximum absolute atomic E-state index is 12.3. The molecule has 6 heteroatoms. The highest BCUT2D eigenvalue weighted by Gasteiger charge is 2.55. The van der Waals surface area contributed by atoms with Gasteiger partial charge in [0, 0.05) is 16.5 Å². The molecule has 2 N–H and O–H groups in total. The Balaban J connectivity index is 2.23. The Bertz CT molecular complexity index is 600. The van der Waals surface area contributed by atoms with Gasteiger partial charge in [-0.05, 0) is 32.0 Å². The summed E-state index contributed by atoms with van der Waals surface area (Å²) in [4.78, 5) is 23.8. The topological polar surface area (TPSA) is 67.4 Å². The summed E-state index contributed by atoms with van der Waals surface area (Å²) >= 11 is 3.38. The van der Waals surface area contributed by atoms with Crippen molar-refractivity contribution in [1.29, 1.82) is 0 Å². The van der Waals surface area contributed by atoms with Crippen molar-refractivity contribution in [2.45, 2.75) is 31.4 Å². The highest BCUT2D eigenvalue weighted by molar-refractivity contribution is 9.10.